The Morgan fingerprint density at radius 2 is 2.00 bits per heavy atom. The molecule has 0 saturated carbocycles. The molecule has 0 bridgehead atoms. The van der Waals surface area contributed by atoms with Crippen LogP contribution in [0, 0.1) is 0 Å². The normalized spacial score (nSPS) is 13.4. The largest absolute Gasteiger partial charge is 0.385 e. The highest BCUT2D eigenvalue weighted by Crippen LogP contribution is 2.27. The van der Waals surface area contributed by atoms with E-state index in [-0.39, 0.29) is 5.78 Å². The van der Waals surface area contributed by atoms with Gasteiger partial charge in [-0.05, 0) is 42.2 Å². The van der Waals surface area contributed by atoms with Crippen molar-refractivity contribution in [2.45, 2.75) is 19.3 Å². The highest BCUT2D eigenvalue weighted by atomic mass is 35.5. The van der Waals surface area contributed by atoms with Crippen LogP contribution in [0.4, 0.5) is 5.69 Å². The van der Waals surface area contributed by atoms with Crippen LogP contribution in [0.2, 0.25) is 10.0 Å². The van der Waals surface area contributed by atoms with Crippen molar-refractivity contribution in [3.8, 4) is 0 Å². The van der Waals surface area contributed by atoms with E-state index >= 15 is 0 Å². The second-order valence-electron chi connectivity index (χ2n) is 5.21. The first kappa shape index (κ1) is 14.4. The molecule has 21 heavy (non-hydrogen) atoms. The van der Waals surface area contributed by atoms with Crippen molar-refractivity contribution in [2.75, 3.05) is 11.9 Å². The lowest BCUT2D eigenvalue weighted by Crippen LogP contribution is -2.16. The van der Waals surface area contributed by atoms with E-state index in [9.17, 15) is 4.79 Å². The molecule has 2 aromatic rings. The summed E-state index contributed by atoms with van der Waals surface area (Å²) in [7, 11) is 0. The van der Waals surface area contributed by atoms with Gasteiger partial charge in [-0.2, -0.15) is 0 Å². The van der Waals surface area contributed by atoms with Crippen LogP contribution < -0.4 is 5.32 Å². The van der Waals surface area contributed by atoms with Crippen LogP contribution in [0.5, 0.6) is 0 Å². The Labute approximate surface area is 134 Å². The summed E-state index contributed by atoms with van der Waals surface area (Å²) in [4.78, 5) is 12.6. The number of ketones is 1. The molecule has 0 spiro atoms. The summed E-state index contributed by atoms with van der Waals surface area (Å²) in [5.41, 5.74) is 3.91. The minimum Gasteiger partial charge on any atom is -0.385 e. The topological polar surface area (TPSA) is 29.1 Å². The van der Waals surface area contributed by atoms with Crippen LogP contribution in [0.25, 0.3) is 0 Å². The third kappa shape index (κ3) is 3.07. The summed E-state index contributed by atoms with van der Waals surface area (Å²) in [6.45, 7) is 0.970. The Morgan fingerprint density at radius 1 is 1.14 bits per heavy atom. The summed E-state index contributed by atoms with van der Waals surface area (Å²) in [5, 5.41) is 4.34. The predicted molar refractivity (Wildman–Crippen MR) is 87.7 cm³/mol. The van der Waals surface area contributed by atoms with Crippen molar-refractivity contribution in [2.24, 2.45) is 0 Å². The predicted octanol–water partition coefficient (Wildman–Crippen LogP) is 4.78. The molecule has 108 valence electrons. The standard InChI is InChI=1S/C17H15Cl2NO/c18-14-7-6-11(9-15(14)19)10-17(21)13-3-1-5-16-12(13)4-2-8-20-16/h1,3,5-7,9,20H,2,4,8,10H2. The number of fused-ring (bicyclic) bond motifs is 1. The fourth-order valence-corrected chi connectivity index (χ4v) is 3.02. The number of rotatable bonds is 3. The maximum absolute atomic E-state index is 12.6. The van der Waals surface area contributed by atoms with Gasteiger partial charge in [0.05, 0.1) is 10.0 Å². The number of halogens is 2. The van der Waals surface area contributed by atoms with Crippen molar-refractivity contribution in [1.82, 2.24) is 0 Å². The molecule has 0 aromatic heterocycles. The molecule has 3 rings (SSSR count). The third-order valence-electron chi connectivity index (χ3n) is 3.74. The summed E-state index contributed by atoms with van der Waals surface area (Å²) in [6, 6.07) is 11.2. The smallest absolute Gasteiger partial charge is 0.167 e. The van der Waals surface area contributed by atoms with Gasteiger partial charge in [0, 0.05) is 24.2 Å². The fraction of sp³-hybridized carbons (Fsp3) is 0.235. The Balaban J connectivity index is 1.87. The SMILES string of the molecule is O=C(Cc1ccc(Cl)c(Cl)c1)c1cccc2c1CCCN2. The first-order valence-corrected chi connectivity index (χ1v) is 7.73. The van der Waals surface area contributed by atoms with Crippen LogP contribution in [-0.4, -0.2) is 12.3 Å². The minimum absolute atomic E-state index is 0.119. The molecule has 1 aliphatic heterocycles. The maximum atomic E-state index is 12.6. The van der Waals surface area contributed by atoms with Gasteiger partial charge >= 0.3 is 0 Å². The Bertz CT molecular complexity index is 697. The molecule has 1 heterocycles. The number of hydrogen-bond donors (Lipinski definition) is 1. The molecule has 2 aromatic carbocycles. The van der Waals surface area contributed by atoms with Crippen molar-refractivity contribution in [1.29, 1.82) is 0 Å². The van der Waals surface area contributed by atoms with Gasteiger partial charge in [0.2, 0.25) is 0 Å². The highest BCUT2D eigenvalue weighted by molar-refractivity contribution is 6.42. The van der Waals surface area contributed by atoms with Gasteiger partial charge < -0.3 is 5.32 Å². The van der Waals surface area contributed by atoms with Crippen LogP contribution in [0.3, 0.4) is 0 Å². The zero-order valence-electron chi connectivity index (χ0n) is 11.5. The summed E-state index contributed by atoms with van der Waals surface area (Å²) in [5.74, 6) is 0.119. The first-order chi connectivity index (χ1) is 10.1. The van der Waals surface area contributed by atoms with Gasteiger partial charge in [-0.15, -0.1) is 0 Å². The zero-order valence-corrected chi connectivity index (χ0v) is 13.0. The maximum Gasteiger partial charge on any atom is 0.167 e. The van der Waals surface area contributed by atoms with Crippen LogP contribution >= 0.6 is 23.2 Å². The number of Topliss-reactive ketones (excluding diaryl/α,β-unsaturated/α-hetero) is 1. The lowest BCUT2D eigenvalue weighted by Gasteiger charge is -2.20. The number of carbonyl (C=O) groups is 1. The van der Waals surface area contributed by atoms with Gasteiger partial charge in [-0.3, -0.25) is 4.79 Å². The van der Waals surface area contributed by atoms with Crippen LogP contribution in [-0.2, 0) is 12.8 Å². The average molecular weight is 320 g/mol. The van der Waals surface area contributed by atoms with E-state index in [1.807, 2.05) is 24.3 Å². The van der Waals surface area contributed by atoms with Gasteiger partial charge in [-0.25, -0.2) is 0 Å². The quantitative estimate of drug-likeness (QED) is 0.825. The minimum atomic E-state index is 0.119. The monoisotopic (exact) mass is 319 g/mol. The summed E-state index contributed by atoms with van der Waals surface area (Å²) in [6.07, 6.45) is 2.35. The second kappa shape index (κ2) is 6.08. The Hall–Kier alpha value is -1.51. The molecule has 1 N–H and O–H groups in total. The lowest BCUT2D eigenvalue weighted by atomic mass is 9.93. The number of benzene rings is 2. The van der Waals surface area contributed by atoms with Gasteiger partial charge in [-0.1, -0.05) is 41.4 Å². The van der Waals surface area contributed by atoms with E-state index in [0.717, 1.165) is 41.8 Å². The molecular weight excluding hydrogens is 305 g/mol. The lowest BCUT2D eigenvalue weighted by molar-refractivity contribution is 0.0992. The molecule has 0 aliphatic carbocycles. The number of carbonyl (C=O) groups excluding carboxylic acids is 1. The van der Waals surface area contributed by atoms with Crippen LogP contribution in [0.1, 0.15) is 27.9 Å². The molecule has 0 saturated heterocycles. The second-order valence-corrected chi connectivity index (χ2v) is 6.02. The molecule has 0 fully saturated rings. The van der Waals surface area contributed by atoms with Gasteiger partial charge in [0.1, 0.15) is 0 Å². The fourth-order valence-electron chi connectivity index (χ4n) is 2.70. The molecule has 0 unspecified atom stereocenters. The van der Waals surface area contributed by atoms with E-state index in [4.69, 9.17) is 23.2 Å². The van der Waals surface area contributed by atoms with E-state index in [0.29, 0.717) is 16.5 Å². The Kier molecular flexibility index (Phi) is 4.18. The van der Waals surface area contributed by atoms with E-state index in [1.54, 1.807) is 12.1 Å². The molecule has 4 heteroatoms. The van der Waals surface area contributed by atoms with E-state index < -0.39 is 0 Å². The van der Waals surface area contributed by atoms with E-state index in [2.05, 4.69) is 5.32 Å². The summed E-state index contributed by atoms with van der Waals surface area (Å²) < 4.78 is 0. The molecule has 1 aliphatic rings. The number of anilines is 1. The average Bonchev–Trinajstić information content (AvgIpc) is 2.50. The number of hydrogen-bond acceptors (Lipinski definition) is 2. The van der Waals surface area contributed by atoms with Crippen LogP contribution in [0.15, 0.2) is 36.4 Å². The third-order valence-corrected chi connectivity index (χ3v) is 4.48. The molecule has 0 atom stereocenters. The van der Waals surface area contributed by atoms with Crippen molar-refractivity contribution < 1.29 is 4.79 Å². The first-order valence-electron chi connectivity index (χ1n) is 6.98. The van der Waals surface area contributed by atoms with Crippen molar-refractivity contribution >= 4 is 34.7 Å². The highest BCUT2D eigenvalue weighted by Gasteiger charge is 2.17. The van der Waals surface area contributed by atoms with Crippen molar-refractivity contribution in [3.05, 3.63) is 63.1 Å². The molecule has 0 radical (unpaired) electrons. The Morgan fingerprint density at radius 3 is 2.81 bits per heavy atom. The van der Waals surface area contributed by atoms with E-state index in [1.165, 1.54) is 0 Å². The summed E-state index contributed by atoms with van der Waals surface area (Å²) >= 11 is 11.9. The number of nitrogens with one attached hydrogen (secondary N) is 1. The zero-order chi connectivity index (χ0) is 14.8. The van der Waals surface area contributed by atoms with Gasteiger partial charge in [0.15, 0.2) is 5.78 Å². The van der Waals surface area contributed by atoms with Crippen molar-refractivity contribution in [3.63, 3.8) is 0 Å². The van der Waals surface area contributed by atoms with Gasteiger partial charge in [0.25, 0.3) is 0 Å². The molecule has 0 amide bonds. The molecular formula is C17H15Cl2NO. The molecule has 2 nitrogen and oxygen atoms in total.